The summed E-state index contributed by atoms with van der Waals surface area (Å²) in [7, 11) is 1.76. The minimum Gasteiger partial charge on any atom is -0.377 e. The van der Waals surface area contributed by atoms with Crippen molar-refractivity contribution in [1.29, 1.82) is 0 Å². The molecular formula is C14H27N3O. The van der Waals surface area contributed by atoms with Gasteiger partial charge in [-0.3, -0.25) is 4.68 Å². The van der Waals surface area contributed by atoms with Crippen molar-refractivity contribution in [3.63, 3.8) is 0 Å². The third-order valence-corrected chi connectivity index (χ3v) is 3.67. The van der Waals surface area contributed by atoms with Crippen LogP contribution in [-0.4, -0.2) is 35.1 Å². The van der Waals surface area contributed by atoms with E-state index in [9.17, 15) is 0 Å². The topological polar surface area (TPSA) is 39.1 Å². The number of rotatable bonds is 7. The summed E-state index contributed by atoms with van der Waals surface area (Å²) in [4.78, 5) is 0. The minimum atomic E-state index is -0.127. The molecule has 1 atom stereocenters. The van der Waals surface area contributed by atoms with Gasteiger partial charge in [-0.05, 0) is 53.7 Å². The van der Waals surface area contributed by atoms with Crippen LogP contribution in [0.15, 0.2) is 6.07 Å². The zero-order valence-electron chi connectivity index (χ0n) is 12.6. The van der Waals surface area contributed by atoms with E-state index in [0.717, 1.165) is 25.2 Å². The van der Waals surface area contributed by atoms with E-state index in [0.29, 0.717) is 6.04 Å². The maximum absolute atomic E-state index is 5.46. The second kappa shape index (κ2) is 6.34. The van der Waals surface area contributed by atoms with Crippen LogP contribution in [-0.2, 0) is 11.3 Å². The highest BCUT2D eigenvalue weighted by molar-refractivity contribution is 5.06. The molecule has 0 aliphatic carbocycles. The Hall–Kier alpha value is -0.870. The van der Waals surface area contributed by atoms with Crippen molar-refractivity contribution in [2.24, 2.45) is 0 Å². The second-order valence-electron chi connectivity index (χ2n) is 5.49. The molecule has 0 saturated heterocycles. The van der Waals surface area contributed by atoms with Gasteiger partial charge in [0.15, 0.2) is 0 Å². The molecule has 0 bridgehead atoms. The van der Waals surface area contributed by atoms with Gasteiger partial charge in [-0.15, -0.1) is 0 Å². The quantitative estimate of drug-likeness (QED) is 0.758. The van der Waals surface area contributed by atoms with Gasteiger partial charge < -0.3 is 10.1 Å². The van der Waals surface area contributed by atoms with E-state index < -0.39 is 0 Å². The molecule has 4 nitrogen and oxygen atoms in total. The summed E-state index contributed by atoms with van der Waals surface area (Å²) in [5.41, 5.74) is 2.20. The van der Waals surface area contributed by atoms with Gasteiger partial charge in [0.2, 0.25) is 0 Å². The number of hydrogen-bond acceptors (Lipinski definition) is 3. The number of methoxy groups -OCH3 is 1. The van der Waals surface area contributed by atoms with Crippen LogP contribution in [0.5, 0.6) is 0 Å². The van der Waals surface area contributed by atoms with E-state index >= 15 is 0 Å². The fraction of sp³-hybridized carbons (Fsp3) is 0.786. The SMILES string of the molecule is COC(C)(C)C(C)NCCCn1nc(C)cc1C. The highest BCUT2D eigenvalue weighted by atomic mass is 16.5. The van der Waals surface area contributed by atoms with E-state index in [1.54, 1.807) is 7.11 Å². The van der Waals surface area contributed by atoms with E-state index in [1.807, 2.05) is 6.92 Å². The van der Waals surface area contributed by atoms with Crippen molar-refractivity contribution in [3.8, 4) is 0 Å². The Kier molecular flexibility index (Phi) is 5.35. The first-order valence-electron chi connectivity index (χ1n) is 6.66. The van der Waals surface area contributed by atoms with Gasteiger partial charge >= 0.3 is 0 Å². The molecule has 0 aromatic carbocycles. The van der Waals surface area contributed by atoms with Gasteiger partial charge in [-0.1, -0.05) is 0 Å². The minimum absolute atomic E-state index is 0.127. The van der Waals surface area contributed by atoms with Crippen molar-refractivity contribution >= 4 is 0 Å². The Morgan fingerprint density at radius 3 is 2.61 bits per heavy atom. The summed E-state index contributed by atoms with van der Waals surface area (Å²) >= 11 is 0. The lowest BCUT2D eigenvalue weighted by Gasteiger charge is -2.31. The standard InChI is InChI=1S/C14H27N3O/c1-11-10-12(2)17(16-11)9-7-8-15-13(3)14(4,5)18-6/h10,13,15H,7-9H2,1-6H3. The number of aromatic nitrogens is 2. The van der Waals surface area contributed by atoms with Crippen LogP contribution in [0.25, 0.3) is 0 Å². The third kappa shape index (κ3) is 4.10. The molecule has 1 N–H and O–H groups in total. The first-order valence-corrected chi connectivity index (χ1v) is 6.66. The van der Waals surface area contributed by atoms with Crippen LogP contribution < -0.4 is 5.32 Å². The normalized spacial score (nSPS) is 13.9. The van der Waals surface area contributed by atoms with Crippen molar-refractivity contribution in [2.75, 3.05) is 13.7 Å². The second-order valence-corrected chi connectivity index (χ2v) is 5.49. The number of nitrogens with zero attached hydrogens (tertiary/aromatic N) is 2. The van der Waals surface area contributed by atoms with Crippen molar-refractivity contribution in [3.05, 3.63) is 17.5 Å². The molecule has 1 aromatic rings. The maximum Gasteiger partial charge on any atom is 0.0772 e. The first-order chi connectivity index (χ1) is 8.36. The molecule has 0 amide bonds. The largest absolute Gasteiger partial charge is 0.377 e. The summed E-state index contributed by atoms with van der Waals surface area (Å²) in [6.45, 7) is 12.4. The van der Waals surface area contributed by atoms with Crippen LogP contribution in [0.4, 0.5) is 0 Å². The van der Waals surface area contributed by atoms with Crippen LogP contribution in [0.3, 0.4) is 0 Å². The summed E-state index contributed by atoms with van der Waals surface area (Å²) in [5, 5.41) is 7.96. The molecule has 1 aromatic heterocycles. The predicted molar refractivity (Wildman–Crippen MR) is 74.9 cm³/mol. The fourth-order valence-electron chi connectivity index (χ4n) is 1.87. The zero-order chi connectivity index (χ0) is 13.8. The fourth-order valence-corrected chi connectivity index (χ4v) is 1.87. The smallest absolute Gasteiger partial charge is 0.0772 e. The molecule has 104 valence electrons. The van der Waals surface area contributed by atoms with Gasteiger partial charge in [0.05, 0.1) is 11.3 Å². The molecule has 18 heavy (non-hydrogen) atoms. The molecule has 0 aliphatic rings. The van der Waals surface area contributed by atoms with Gasteiger partial charge in [0.25, 0.3) is 0 Å². The van der Waals surface area contributed by atoms with Crippen molar-refractivity contribution in [1.82, 2.24) is 15.1 Å². The molecule has 0 fully saturated rings. The van der Waals surface area contributed by atoms with Crippen molar-refractivity contribution in [2.45, 2.75) is 59.2 Å². The number of hydrogen-bond donors (Lipinski definition) is 1. The lowest BCUT2D eigenvalue weighted by molar-refractivity contribution is -0.00498. The van der Waals surface area contributed by atoms with E-state index in [2.05, 4.69) is 48.9 Å². The Balaban J connectivity index is 2.29. The Labute approximate surface area is 111 Å². The average molecular weight is 253 g/mol. The molecule has 1 rings (SSSR count). The molecule has 4 heteroatoms. The molecule has 0 aliphatic heterocycles. The summed E-state index contributed by atoms with van der Waals surface area (Å²) < 4.78 is 7.53. The molecular weight excluding hydrogens is 226 g/mol. The maximum atomic E-state index is 5.46. The molecule has 1 unspecified atom stereocenters. The van der Waals surface area contributed by atoms with E-state index in [-0.39, 0.29) is 5.60 Å². The molecule has 0 radical (unpaired) electrons. The first kappa shape index (κ1) is 15.2. The number of aryl methyl sites for hydroxylation is 3. The summed E-state index contributed by atoms with van der Waals surface area (Å²) in [6.07, 6.45) is 1.08. The van der Waals surface area contributed by atoms with Crippen LogP contribution in [0.2, 0.25) is 0 Å². The van der Waals surface area contributed by atoms with Gasteiger partial charge in [0, 0.05) is 25.4 Å². The van der Waals surface area contributed by atoms with Crippen molar-refractivity contribution < 1.29 is 4.74 Å². The highest BCUT2D eigenvalue weighted by Gasteiger charge is 2.24. The number of nitrogens with one attached hydrogen (secondary N) is 1. The lowest BCUT2D eigenvalue weighted by Crippen LogP contribution is -2.46. The molecule has 0 saturated carbocycles. The van der Waals surface area contributed by atoms with Gasteiger partial charge in [0.1, 0.15) is 0 Å². The van der Waals surface area contributed by atoms with E-state index in [4.69, 9.17) is 4.74 Å². The number of ether oxygens (including phenoxy) is 1. The Bertz CT molecular complexity index is 371. The molecule has 1 heterocycles. The van der Waals surface area contributed by atoms with Crippen LogP contribution >= 0.6 is 0 Å². The Morgan fingerprint density at radius 2 is 2.11 bits per heavy atom. The molecule has 0 spiro atoms. The van der Waals surface area contributed by atoms with E-state index in [1.165, 1.54) is 5.69 Å². The lowest BCUT2D eigenvalue weighted by atomic mass is 10.0. The van der Waals surface area contributed by atoms with Crippen LogP contribution in [0, 0.1) is 13.8 Å². The van der Waals surface area contributed by atoms with Crippen LogP contribution in [0.1, 0.15) is 38.6 Å². The highest BCUT2D eigenvalue weighted by Crippen LogP contribution is 2.12. The van der Waals surface area contributed by atoms with Gasteiger partial charge in [-0.25, -0.2) is 0 Å². The summed E-state index contributed by atoms with van der Waals surface area (Å²) in [5.74, 6) is 0. The summed E-state index contributed by atoms with van der Waals surface area (Å²) in [6, 6.07) is 2.45. The zero-order valence-corrected chi connectivity index (χ0v) is 12.6. The third-order valence-electron chi connectivity index (χ3n) is 3.67. The van der Waals surface area contributed by atoms with Gasteiger partial charge in [-0.2, -0.15) is 5.10 Å². The Morgan fingerprint density at radius 1 is 1.44 bits per heavy atom. The monoisotopic (exact) mass is 253 g/mol. The predicted octanol–water partition coefficient (Wildman–Crippen LogP) is 2.29. The average Bonchev–Trinajstić information content (AvgIpc) is 2.63.